The molecule has 1 heterocycles. The normalized spacial score (nSPS) is 15.0. The summed E-state index contributed by atoms with van der Waals surface area (Å²) in [5, 5.41) is 11.2. The van der Waals surface area contributed by atoms with Crippen LogP contribution in [0.3, 0.4) is 0 Å². The molecule has 184 valence electrons. The second kappa shape index (κ2) is 11.2. The zero-order chi connectivity index (χ0) is 25.6. The molecule has 0 aliphatic carbocycles. The third-order valence-corrected chi connectivity index (χ3v) is 6.69. The zero-order valence-corrected chi connectivity index (χ0v) is 21.8. The van der Waals surface area contributed by atoms with E-state index in [2.05, 4.69) is 67.9 Å². The van der Waals surface area contributed by atoms with E-state index in [0.29, 0.717) is 11.3 Å². The van der Waals surface area contributed by atoms with Gasteiger partial charge in [-0.2, -0.15) is 10.2 Å². The number of benzene rings is 4. The van der Waals surface area contributed by atoms with Crippen molar-refractivity contribution in [2.45, 2.75) is 12.5 Å². The molecule has 1 aliphatic heterocycles. The van der Waals surface area contributed by atoms with Crippen molar-refractivity contribution in [1.29, 1.82) is 0 Å². The molecular formula is C30H25BrN4O2. The maximum absolute atomic E-state index is 12.3. The molecule has 4 aromatic carbocycles. The maximum Gasteiger partial charge on any atom is 0.271 e. The van der Waals surface area contributed by atoms with Crippen molar-refractivity contribution in [1.82, 2.24) is 5.43 Å². The van der Waals surface area contributed by atoms with Crippen LogP contribution in [0.5, 0.6) is 5.75 Å². The van der Waals surface area contributed by atoms with Crippen molar-refractivity contribution in [2.75, 3.05) is 12.1 Å². The van der Waals surface area contributed by atoms with Crippen molar-refractivity contribution in [3.8, 4) is 5.75 Å². The van der Waals surface area contributed by atoms with Gasteiger partial charge in [0.1, 0.15) is 5.75 Å². The van der Waals surface area contributed by atoms with Crippen LogP contribution in [0.4, 0.5) is 5.69 Å². The number of nitrogens with zero attached hydrogens (tertiary/aromatic N) is 3. The third-order valence-electron chi connectivity index (χ3n) is 6.16. The minimum Gasteiger partial charge on any atom is -0.497 e. The summed E-state index contributed by atoms with van der Waals surface area (Å²) in [5.41, 5.74) is 8.31. The summed E-state index contributed by atoms with van der Waals surface area (Å²) in [6.45, 7) is 0. The number of carbonyl (C=O) groups is 1. The molecule has 0 radical (unpaired) electrons. The van der Waals surface area contributed by atoms with Gasteiger partial charge in [0.2, 0.25) is 0 Å². The van der Waals surface area contributed by atoms with E-state index in [9.17, 15) is 4.79 Å². The molecule has 0 spiro atoms. The number of hydrogen-bond donors (Lipinski definition) is 1. The Morgan fingerprint density at radius 1 is 0.973 bits per heavy atom. The fraction of sp³-hybridized carbons (Fsp3) is 0.100. The van der Waals surface area contributed by atoms with Gasteiger partial charge in [-0.25, -0.2) is 5.43 Å². The summed E-state index contributed by atoms with van der Waals surface area (Å²) in [5.74, 6) is 0.411. The Hall–Kier alpha value is -4.23. The van der Waals surface area contributed by atoms with Crippen molar-refractivity contribution in [3.63, 3.8) is 0 Å². The number of nitrogens with one attached hydrogen (secondary N) is 1. The first-order valence-electron chi connectivity index (χ1n) is 11.9. The molecule has 1 amide bonds. The second-order valence-electron chi connectivity index (χ2n) is 8.55. The molecule has 0 bridgehead atoms. The van der Waals surface area contributed by atoms with E-state index in [-0.39, 0.29) is 11.9 Å². The van der Waals surface area contributed by atoms with E-state index >= 15 is 0 Å². The Balaban J connectivity index is 1.32. The van der Waals surface area contributed by atoms with Gasteiger partial charge in [-0.3, -0.25) is 9.80 Å². The molecule has 0 fully saturated rings. The zero-order valence-electron chi connectivity index (χ0n) is 20.2. The lowest BCUT2D eigenvalue weighted by molar-refractivity contribution is 0.0955. The predicted octanol–water partition coefficient (Wildman–Crippen LogP) is 6.58. The molecule has 5 rings (SSSR count). The number of methoxy groups -OCH3 is 1. The van der Waals surface area contributed by atoms with E-state index in [1.165, 1.54) is 5.56 Å². The average molecular weight is 553 g/mol. The molecule has 0 saturated heterocycles. The van der Waals surface area contributed by atoms with Gasteiger partial charge in [0.15, 0.2) is 0 Å². The highest BCUT2D eigenvalue weighted by atomic mass is 79.9. The van der Waals surface area contributed by atoms with E-state index in [1.54, 1.807) is 37.6 Å². The summed E-state index contributed by atoms with van der Waals surface area (Å²) in [4.78, 5) is 12.3. The van der Waals surface area contributed by atoms with Gasteiger partial charge < -0.3 is 4.74 Å². The first-order valence-corrected chi connectivity index (χ1v) is 12.6. The summed E-state index contributed by atoms with van der Waals surface area (Å²) in [6, 6.07) is 33.6. The van der Waals surface area contributed by atoms with Crippen molar-refractivity contribution >= 4 is 39.5 Å². The molecule has 0 aromatic heterocycles. The van der Waals surface area contributed by atoms with Crippen LogP contribution in [0, 0.1) is 0 Å². The first kappa shape index (κ1) is 24.5. The maximum atomic E-state index is 12.3. The van der Waals surface area contributed by atoms with Crippen molar-refractivity contribution in [3.05, 3.63) is 130 Å². The van der Waals surface area contributed by atoms with Crippen molar-refractivity contribution in [2.24, 2.45) is 10.2 Å². The number of hydrazone groups is 2. The van der Waals surface area contributed by atoms with Crippen LogP contribution in [0.2, 0.25) is 0 Å². The van der Waals surface area contributed by atoms with Gasteiger partial charge in [-0.1, -0.05) is 70.5 Å². The van der Waals surface area contributed by atoms with Crippen LogP contribution in [0.25, 0.3) is 0 Å². The summed E-state index contributed by atoms with van der Waals surface area (Å²) in [6.07, 6.45) is 2.44. The van der Waals surface area contributed by atoms with Gasteiger partial charge >= 0.3 is 0 Å². The Morgan fingerprint density at radius 2 is 1.68 bits per heavy atom. The van der Waals surface area contributed by atoms with Crippen LogP contribution in [-0.2, 0) is 0 Å². The molecule has 1 unspecified atom stereocenters. The Kier molecular flexibility index (Phi) is 7.42. The molecule has 7 heteroatoms. The molecule has 37 heavy (non-hydrogen) atoms. The summed E-state index contributed by atoms with van der Waals surface area (Å²) < 4.78 is 6.17. The topological polar surface area (TPSA) is 66.3 Å². The fourth-order valence-electron chi connectivity index (χ4n) is 4.18. The minimum atomic E-state index is -0.285. The smallest absolute Gasteiger partial charge is 0.271 e. The Bertz CT molecular complexity index is 1420. The van der Waals surface area contributed by atoms with E-state index in [1.807, 2.05) is 42.5 Å². The molecule has 1 atom stereocenters. The third kappa shape index (κ3) is 5.78. The van der Waals surface area contributed by atoms with Crippen LogP contribution in [-0.4, -0.2) is 24.9 Å². The van der Waals surface area contributed by atoms with Crippen LogP contribution < -0.4 is 15.2 Å². The first-order chi connectivity index (χ1) is 18.1. The SMILES string of the molecule is COc1ccc(C(=O)N/N=C/c2ccc(N3N=C(c4ccccc4)CC3c3ccc(Br)cc3)cc2)cc1. The van der Waals surface area contributed by atoms with E-state index < -0.39 is 0 Å². The van der Waals surface area contributed by atoms with Crippen LogP contribution in [0.1, 0.15) is 39.5 Å². The monoisotopic (exact) mass is 552 g/mol. The Labute approximate surface area is 224 Å². The highest BCUT2D eigenvalue weighted by molar-refractivity contribution is 9.10. The lowest BCUT2D eigenvalue weighted by Gasteiger charge is -2.24. The molecular weight excluding hydrogens is 528 g/mol. The van der Waals surface area contributed by atoms with Gasteiger partial charge in [0.05, 0.1) is 30.8 Å². The van der Waals surface area contributed by atoms with Crippen LogP contribution in [0.15, 0.2) is 118 Å². The quantitative estimate of drug-likeness (QED) is 0.208. The van der Waals surface area contributed by atoms with Crippen LogP contribution >= 0.6 is 15.9 Å². The predicted molar refractivity (Wildman–Crippen MR) is 151 cm³/mol. The van der Waals surface area contributed by atoms with E-state index in [0.717, 1.165) is 33.4 Å². The van der Waals surface area contributed by atoms with Crippen molar-refractivity contribution < 1.29 is 9.53 Å². The van der Waals surface area contributed by atoms with Gasteiger partial charge in [0, 0.05) is 16.5 Å². The van der Waals surface area contributed by atoms with Gasteiger partial charge in [-0.15, -0.1) is 0 Å². The number of amides is 1. The lowest BCUT2D eigenvalue weighted by atomic mass is 9.98. The highest BCUT2D eigenvalue weighted by Gasteiger charge is 2.29. The number of rotatable bonds is 7. The lowest BCUT2D eigenvalue weighted by Crippen LogP contribution is -2.18. The number of hydrogen-bond acceptors (Lipinski definition) is 5. The largest absolute Gasteiger partial charge is 0.497 e. The molecule has 1 aliphatic rings. The molecule has 0 saturated carbocycles. The number of halogens is 1. The number of carbonyl (C=O) groups excluding carboxylic acids is 1. The summed E-state index contributed by atoms with van der Waals surface area (Å²) >= 11 is 3.53. The fourth-order valence-corrected chi connectivity index (χ4v) is 4.45. The van der Waals surface area contributed by atoms with E-state index in [4.69, 9.17) is 9.84 Å². The molecule has 1 N–H and O–H groups in total. The van der Waals surface area contributed by atoms with Gasteiger partial charge in [-0.05, 0) is 65.2 Å². The molecule has 4 aromatic rings. The highest BCUT2D eigenvalue weighted by Crippen LogP contribution is 2.37. The minimum absolute atomic E-state index is 0.0895. The molecule has 6 nitrogen and oxygen atoms in total. The number of ether oxygens (including phenoxy) is 1. The second-order valence-corrected chi connectivity index (χ2v) is 9.46. The Morgan fingerprint density at radius 3 is 2.35 bits per heavy atom. The average Bonchev–Trinajstić information content (AvgIpc) is 3.40. The number of anilines is 1. The van der Waals surface area contributed by atoms with Gasteiger partial charge in [0.25, 0.3) is 5.91 Å². The standard InChI is InChI=1S/C30H25BrN4O2/c1-37-27-17-11-24(12-18-27)30(36)33-32-20-21-7-15-26(16-8-21)35-29(23-9-13-25(31)14-10-23)19-28(34-35)22-5-3-2-4-6-22/h2-18,20,29H,19H2,1H3,(H,33,36)/b32-20+. The summed E-state index contributed by atoms with van der Waals surface area (Å²) in [7, 11) is 1.59.